The van der Waals surface area contributed by atoms with Gasteiger partial charge in [0.25, 0.3) is 5.91 Å². The summed E-state index contributed by atoms with van der Waals surface area (Å²) >= 11 is 0. The first-order valence-electron chi connectivity index (χ1n) is 7.48. The van der Waals surface area contributed by atoms with Crippen molar-refractivity contribution >= 4 is 27.3 Å². The number of anilines is 2. The molecule has 3 rings (SSSR count). The summed E-state index contributed by atoms with van der Waals surface area (Å²) in [5.41, 5.74) is 7.05. The quantitative estimate of drug-likeness (QED) is 0.651. The molecule has 1 aliphatic heterocycles. The Bertz CT molecular complexity index is 818. The molecule has 2 aromatic rings. The zero-order chi connectivity index (χ0) is 17.0. The van der Waals surface area contributed by atoms with Gasteiger partial charge in [0, 0.05) is 24.3 Å². The van der Waals surface area contributed by atoms with E-state index in [0.29, 0.717) is 30.0 Å². The van der Waals surface area contributed by atoms with Crippen molar-refractivity contribution in [2.24, 2.45) is 0 Å². The van der Waals surface area contributed by atoms with Crippen molar-refractivity contribution in [1.29, 1.82) is 0 Å². The predicted octanol–water partition coefficient (Wildman–Crippen LogP) is 1.16. The summed E-state index contributed by atoms with van der Waals surface area (Å²) in [5, 5.41) is 2.21. The first-order chi connectivity index (χ1) is 11.5. The minimum absolute atomic E-state index is 0.250. The van der Waals surface area contributed by atoms with Gasteiger partial charge in [-0.3, -0.25) is 20.4 Å². The summed E-state index contributed by atoms with van der Waals surface area (Å²) in [6, 6.07) is 15.4. The molecule has 1 fully saturated rings. The zero-order valence-corrected chi connectivity index (χ0v) is 13.6. The summed E-state index contributed by atoms with van der Waals surface area (Å²) in [7, 11) is -3.50. The molecule has 0 aliphatic carbocycles. The first kappa shape index (κ1) is 16.4. The number of sulfonamides is 1. The highest BCUT2D eigenvalue weighted by molar-refractivity contribution is 7.93. The van der Waals surface area contributed by atoms with E-state index in [1.165, 1.54) is 0 Å². The number of amides is 1. The van der Waals surface area contributed by atoms with Crippen LogP contribution >= 0.6 is 0 Å². The zero-order valence-electron chi connectivity index (χ0n) is 12.8. The molecule has 1 amide bonds. The second-order valence-electron chi connectivity index (χ2n) is 5.43. The Kier molecular flexibility index (Phi) is 4.79. The van der Waals surface area contributed by atoms with Crippen LogP contribution in [0.15, 0.2) is 54.6 Å². The van der Waals surface area contributed by atoms with Crippen LogP contribution in [0.3, 0.4) is 0 Å². The number of rotatable bonds is 5. The van der Waals surface area contributed by atoms with Crippen molar-refractivity contribution < 1.29 is 13.2 Å². The SMILES string of the molecule is O=C(Nc1cccc(NS(=O)(=O)C2CNNC2)c1)c1ccccc1. The fraction of sp³-hybridized carbons (Fsp3) is 0.188. The predicted molar refractivity (Wildman–Crippen MR) is 93.2 cm³/mol. The molecule has 126 valence electrons. The van der Waals surface area contributed by atoms with Crippen LogP contribution in [0.1, 0.15) is 10.4 Å². The third kappa shape index (κ3) is 3.91. The molecule has 0 radical (unpaired) electrons. The smallest absolute Gasteiger partial charge is 0.255 e. The lowest BCUT2D eigenvalue weighted by molar-refractivity contribution is 0.102. The van der Waals surface area contributed by atoms with E-state index in [1.807, 2.05) is 6.07 Å². The van der Waals surface area contributed by atoms with Crippen molar-refractivity contribution in [2.45, 2.75) is 5.25 Å². The molecule has 0 bridgehead atoms. The Labute approximate surface area is 140 Å². The molecular weight excluding hydrogens is 328 g/mol. The maximum Gasteiger partial charge on any atom is 0.255 e. The van der Waals surface area contributed by atoms with E-state index in [2.05, 4.69) is 20.9 Å². The highest BCUT2D eigenvalue weighted by Gasteiger charge is 2.28. The lowest BCUT2D eigenvalue weighted by Gasteiger charge is -2.13. The summed E-state index contributed by atoms with van der Waals surface area (Å²) in [4.78, 5) is 12.2. The van der Waals surface area contributed by atoms with Crippen molar-refractivity contribution in [3.63, 3.8) is 0 Å². The van der Waals surface area contributed by atoms with Gasteiger partial charge in [0.15, 0.2) is 0 Å². The van der Waals surface area contributed by atoms with Gasteiger partial charge in [0.05, 0.1) is 5.69 Å². The maximum atomic E-state index is 12.3. The van der Waals surface area contributed by atoms with Gasteiger partial charge in [0.1, 0.15) is 5.25 Å². The van der Waals surface area contributed by atoms with Gasteiger partial charge in [-0.2, -0.15) is 0 Å². The molecule has 0 aromatic heterocycles. The number of hydrazine groups is 1. The molecule has 1 aliphatic rings. The van der Waals surface area contributed by atoms with Crippen molar-refractivity contribution in [1.82, 2.24) is 10.9 Å². The topological polar surface area (TPSA) is 99.3 Å². The lowest BCUT2D eigenvalue weighted by Crippen LogP contribution is -2.31. The van der Waals surface area contributed by atoms with Crippen LogP contribution in [0.5, 0.6) is 0 Å². The van der Waals surface area contributed by atoms with Gasteiger partial charge in [0.2, 0.25) is 10.0 Å². The molecule has 1 saturated heterocycles. The van der Waals surface area contributed by atoms with Gasteiger partial charge < -0.3 is 5.32 Å². The van der Waals surface area contributed by atoms with E-state index in [1.54, 1.807) is 48.5 Å². The fourth-order valence-electron chi connectivity index (χ4n) is 2.36. The summed E-state index contributed by atoms with van der Waals surface area (Å²) in [6.07, 6.45) is 0. The molecule has 8 heteroatoms. The van der Waals surface area contributed by atoms with Crippen LogP contribution in [-0.4, -0.2) is 32.7 Å². The second-order valence-corrected chi connectivity index (χ2v) is 7.39. The highest BCUT2D eigenvalue weighted by Crippen LogP contribution is 2.18. The molecule has 1 heterocycles. The van der Waals surface area contributed by atoms with Crippen LogP contribution in [0, 0.1) is 0 Å². The first-order valence-corrected chi connectivity index (χ1v) is 9.03. The van der Waals surface area contributed by atoms with Crippen molar-refractivity contribution in [3.05, 3.63) is 60.2 Å². The average Bonchev–Trinajstić information content (AvgIpc) is 3.11. The molecule has 0 unspecified atom stereocenters. The molecule has 2 aromatic carbocycles. The Morgan fingerprint density at radius 3 is 2.33 bits per heavy atom. The van der Waals surface area contributed by atoms with E-state index in [-0.39, 0.29) is 5.91 Å². The van der Waals surface area contributed by atoms with Gasteiger partial charge >= 0.3 is 0 Å². The third-order valence-electron chi connectivity index (χ3n) is 3.64. The van der Waals surface area contributed by atoms with Crippen molar-refractivity contribution in [3.8, 4) is 0 Å². The summed E-state index contributed by atoms with van der Waals surface area (Å²) < 4.78 is 27.1. The third-order valence-corrected chi connectivity index (χ3v) is 5.37. The molecule has 4 N–H and O–H groups in total. The number of hydrogen-bond donors (Lipinski definition) is 4. The number of benzene rings is 2. The molecule has 0 spiro atoms. The number of carbonyl (C=O) groups is 1. The van der Waals surface area contributed by atoms with E-state index >= 15 is 0 Å². The Morgan fingerprint density at radius 2 is 1.62 bits per heavy atom. The van der Waals surface area contributed by atoms with Crippen LogP contribution in [0.4, 0.5) is 11.4 Å². The standard InChI is InChI=1S/C16H18N4O3S/c21-16(12-5-2-1-3-6-12)19-13-7-4-8-14(9-13)20-24(22,23)15-10-17-18-11-15/h1-9,15,17-18,20H,10-11H2,(H,19,21). The molecule has 0 saturated carbocycles. The van der Waals surface area contributed by atoms with E-state index in [0.717, 1.165) is 0 Å². The van der Waals surface area contributed by atoms with E-state index in [4.69, 9.17) is 0 Å². The monoisotopic (exact) mass is 346 g/mol. The molecule has 24 heavy (non-hydrogen) atoms. The fourth-order valence-corrected chi connectivity index (χ4v) is 3.59. The van der Waals surface area contributed by atoms with Crippen LogP contribution in [-0.2, 0) is 10.0 Å². The average molecular weight is 346 g/mol. The minimum atomic E-state index is -3.50. The number of nitrogens with one attached hydrogen (secondary N) is 4. The number of hydrogen-bond acceptors (Lipinski definition) is 5. The maximum absolute atomic E-state index is 12.3. The van der Waals surface area contributed by atoms with Gasteiger partial charge in [-0.1, -0.05) is 24.3 Å². The van der Waals surface area contributed by atoms with E-state index < -0.39 is 15.3 Å². The van der Waals surface area contributed by atoms with E-state index in [9.17, 15) is 13.2 Å². The summed E-state index contributed by atoms with van der Waals surface area (Å²) in [6.45, 7) is 0.694. The van der Waals surface area contributed by atoms with Crippen LogP contribution in [0.25, 0.3) is 0 Å². The van der Waals surface area contributed by atoms with Gasteiger partial charge in [-0.25, -0.2) is 8.42 Å². The molecule has 0 atom stereocenters. The Hall–Kier alpha value is -2.42. The van der Waals surface area contributed by atoms with Crippen LogP contribution < -0.4 is 20.9 Å². The van der Waals surface area contributed by atoms with Gasteiger partial charge in [-0.15, -0.1) is 0 Å². The second kappa shape index (κ2) is 7.00. The Balaban J connectivity index is 1.71. The highest BCUT2D eigenvalue weighted by atomic mass is 32.2. The Morgan fingerprint density at radius 1 is 0.958 bits per heavy atom. The number of carbonyl (C=O) groups excluding carboxylic acids is 1. The normalized spacial score (nSPS) is 15.2. The minimum Gasteiger partial charge on any atom is -0.322 e. The lowest BCUT2D eigenvalue weighted by atomic mass is 10.2. The largest absolute Gasteiger partial charge is 0.322 e. The molecular formula is C16H18N4O3S. The molecule has 7 nitrogen and oxygen atoms in total. The van der Waals surface area contributed by atoms with Crippen molar-refractivity contribution in [2.75, 3.05) is 23.1 Å². The van der Waals surface area contributed by atoms with Crippen LogP contribution in [0.2, 0.25) is 0 Å². The van der Waals surface area contributed by atoms with Gasteiger partial charge in [-0.05, 0) is 30.3 Å². The summed E-state index contributed by atoms with van der Waals surface area (Å²) in [5.74, 6) is -0.250.